The second-order valence-electron chi connectivity index (χ2n) is 7.17. The predicted octanol–water partition coefficient (Wildman–Crippen LogP) is 4.27. The quantitative estimate of drug-likeness (QED) is 0.479. The molecule has 5 nitrogen and oxygen atoms in total. The first-order valence-corrected chi connectivity index (χ1v) is 10.4. The van der Waals surface area contributed by atoms with E-state index < -0.39 is 15.6 Å². The molecule has 0 saturated carbocycles. The van der Waals surface area contributed by atoms with Crippen LogP contribution in [-0.4, -0.2) is 8.42 Å². The molecule has 0 aliphatic carbocycles. The summed E-state index contributed by atoms with van der Waals surface area (Å²) in [7, 11) is -3.70. The van der Waals surface area contributed by atoms with Gasteiger partial charge in [0.25, 0.3) is 10.0 Å². The number of benzene rings is 3. The van der Waals surface area contributed by atoms with Crippen molar-refractivity contribution in [2.45, 2.75) is 25.3 Å². The second kappa shape index (κ2) is 5.69. The van der Waals surface area contributed by atoms with Gasteiger partial charge >= 0.3 is 5.63 Å². The van der Waals surface area contributed by atoms with Crippen molar-refractivity contribution in [1.29, 1.82) is 0 Å². The van der Waals surface area contributed by atoms with E-state index in [1.807, 2.05) is 44.2 Å². The van der Waals surface area contributed by atoms with Gasteiger partial charge in [-0.2, -0.15) is 0 Å². The molecular weight excluding hydrogens is 374 g/mol. The minimum atomic E-state index is -3.70. The molecule has 0 N–H and O–H groups in total. The molecule has 0 saturated heterocycles. The zero-order chi connectivity index (χ0) is 19.6. The highest BCUT2D eigenvalue weighted by Crippen LogP contribution is 2.43. The summed E-state index contributed by atoms with van der Waals surface area (Å²) in [6.45, 7) is 4.00. The van der Waals surface area contributed by atoms with Gasteiger partial charge < -0.3 is 4.42 Å². The average Bonchev–Trinajstić information content (AvgIpc) is 2.87. The van der Waals surface area contributed by atoms with Crippen molar-refractivity contribution < 1.29 is 12.8 Å². The van der Waals surface area contributed by atoms with Crippen LogP contribution in [0.25, 0.3) is 21.7 Å². The van der Waals surface area contributed by atoms with Crippen molar-refractivity contribution in [1.82, 2.24) is 0 Å². The van der Waals surface area contributed by atoms with E-state index in [0.717, 1.165) is 27.3 Å². The number of sulfonamides is 1. The Bertz CT molecular complexity index is 1450. The summed E-state index contributed by atoms with van der Waals surface area (Å²) in [6, 6.07) is 16.0. The lowest BCUT2D eigenvalue weighted by atomic mass is 10.0. The molecule has 1 aromatic heterocycles. The van der Waals surface area contributed by atoms with Gasteiger partial charge in [0.2, 0.25) is 0 Å². The van der Waals surface area contributed by atoms with E-state index in [4.69, 9.17) is 4.42 Å². The smallest absolute Gasteiger partial charge is 0.336 e. The standard InChI is InChI=1S/C22H17NO4S/c1-13-9-17-16(11-21(24)27-19(17)10-14(13)2)12-23-18-7-3-5-15-6-4-8-20(22(15)18)28(23,25)26/h3-11H,12H2,1-2H3. The van der Waals surface area contributed by atoms with Gasteiger partial charge in [-0.1, -0.05) is 24.3 Å². The lowest BCUT2D eigenvalue weighted by Gasteiger charge is -2.20. The number of fused-ring (bicyclic) bond motifs is 1. The van der Waals surface area contributed by atoms with Gasteiger partial charge in [0.05, 0.1) is 17.1 Å². The van der Waals surface area contributed by atoms with E-state index >= 15 is 0 Å². The Morgan fingerprint density at radius 2 is 1.68 bits per heavy atom. The fourth-order valence-electron chi connectivity index (χ4n) is 3.90. The molecule has 140 valence electrons. The van der Waals surface area contributed by atoms with Crippen LogP contribution < -0.4 is 9.93 Å². The van der Waals surface area contributed by atoms with E-state index in [0.29, 0.717) is 21.7 Å². The minimum absolute atomic E-state index is 0.0702. The van der Waals surface area contributed by atoms with Crippen LogP contribution in [0, 0.1) is 13.8 Å². The molecular formula is C22H17NO4S. The topological polar surface area (TPSA) is 67.6 Å². The maximum Gasteiger partial charge on any atom is 0.336 e. The molecule has 1 aliphatic rings. The molecule has 2 heterocycles. The summed E-state index contributed by atoms with van der Waals surface area (Å²) in [4.78, 5) is 12.4. The van der Waals surface area contributed by atoms with E-state index in [-0.39, 0.29) is 6.54 Å². The van der Waals surface area contributed by atoms with Crippen LogP contribution in [0.4, 0.5) is 5.69 Å². The highest BCUT2D eigenvalue weighted by atomic mass is 32.2. The van der Waals surface area contributed by atoms with Crippen molar-refractivity contribution in [2.75, 3.05) is 4.31 Å². The lowest BCUT2D eigenvalue weighted by Crippen LogP contribution is -2.27. The molecule has 0 atom stereocenters. The van der Waals surface area contributed by atoms with Gasteiger partial charge in [-0.05, 0) is 60.2 Å². The van der Waals surface area contributed by atoms with E-state index in [1.165, 1.54) is 10.4 Å². The zero-order valence-electron chi connectivity index (χ0n) is 15.4. The number of aryl methyl sites for hydroxylation is 2. The third-order valence-corrected chi connectivity index (χ3v) is 7.24. The largest absolute Gasteiger partial charge is 0.423 e. The Labute approximate surface area is 161 Å². The molecule has 4 aromatic rings. The Kier molecular flexibility index (Phi) is 3.46. The first-order chi connectivity index (χ1) is 13.4. The van der Waals surface area contributed by atoms with Crippen LogP contribution >= 0.6 is 0 Å². The molecule has 6 heteroatoms. The molecule has 0 unspecified atom stereocenters. The molecule has 28 heavy (non-hydrogen) atoms. The van der Waals surface area contributed by atoms with Gasteiger partial charge in [-0.3, -0.25) is 4.31 Å². The van der Waals surface area contributed by atoms with Crippen LogP contribution in [0.5, 0.6) is 0 Å². The second-order valence-corrected chi connectivity index (χ2v) is 9.00. The van der Waals surface area contributed by atoms with Crippen LogP contribution in [-0.2, 0) is 16.6 Å². The van der Waals surface area contributed by atoms with Crippen LogP contribution in [0.15, 0.2) is 68.7 Å². The summed E-state index contributed by atoms with van der Waals surface area (Å²) in [5.74, 6) is 0. The summed E-state index contributed by atoms with van der Waals surface area (Å²) in [6.07, 6.45) is 0. The summed E-state index contributed by atoms with van der Waals surface area (Å²) >= 11 is 0. The van der Waals surface area contributed by atoms with Gasteiger partial charge in [-0.25, -0.2) is 13.2 Å². The molecule has 0 fully saturated rings. The monoisotopic (exact) mass is 391 g/mol. The van der Waals surface area contributed by atoms with Crippen molar-refractivity contribution >= 4 is 37.5 Å². The van der Waals surface area contributed by atoms with Crippen LogP contribution in [0.3, 0.4) is 0 Å². The molecule has 3 aromatic carbocycles. The Morgan fingerprint density at radius 3 is 2.46 bits per heavy atom. The predicted molar refractivity (Wildman–Crippen MR) is 109 cm³/mol. The summed E-state index contributed by atoms with van der Waals surface area (Å²) < 4.78 is 33.2. The number of nitrogens with zero attached hydrogens (tertiary/aromatic N) is 1. The first kappa shape index (κ1) is 17.0. The Hall–Kier alpha value is -3.12. The molecule has 0 bridgehead atoms. The third kappa shape index (κ3) is 2.31. The normalized spacial score (nSPS) is 14.9. The number of hydrogen-bond acceptors (Lipinski definition) is 4. The molecule has 0 radical (unpaired) electrons. The Balaban J connectivity index is 1.74. The maximum absolute atomic E-state index is 13.2. The van der Waals surface area contributed by atoms with E-state index in [2.05, 4.69) is 0 Å². The van der Waals surface area contributed by atoms with Gasteiger partial charge in [0, 0.05) is 16.8 Å². The van der Waals surface area contributed by atoms with Crippen LogP contribution in [0.2, 0.25) is 0 Å². The number of hydrogen-bond donors (Lipinski definition) is 0. The summed E-state index contributed by atoms with van der Waals surface area (Å²) in [5.41, 5.74) is 3.31. The van der Waals surface area contributed by atoms with Crippen molar-refractivity contribution in [3.8, 4) is 0 Å². The van der Waals surface area contributed by atoms with Crippen LogP contribution in [0.1, 0.15) is 16.7 Å². The van der Waals surface area contributed by atoms with E-state index in [9.17, 15) is 13.2 Å². The van der Waals surface area contributed by atoms with Gasteiger partial charge in [-0.15, -0.1) is 0 Å². The van der Waals surface area contributed by atoms with E-state index in [1.54, 1.807) is 18.2 Å². The van der Waals surface area contributed by atoms with Crippen molar-refractivity contribution in [3.63, 3.8) is 0 Å². The van der Waals surface area contributed by atoms with Crippen molar-refractivity contribution in [3.05, 3.63) is 81.7 Å². The first-order valence-electron chi connectivity index (χ1n) is 8.95. The average molecular weight is 391 g/mol. The highest BCUT2D eigenvalue weighted by molar-refractivity contribution is 7.93. The van der Waals surface area contributed by atoms with Crippen molar-refractivity contribution in [2.24, 2.45) is 0 Å². The van der Waals surface area contributed by atoms with Gasteiger partial charge in [0.15, 0.2) is 0 Å². The molecule has 0 amide bonds. The fraction of sp³-hybridized carbons (Fsp3) is 0.136. The fourth-order valence-corrected chi connectivity index (χ4v) is 5.59. The number of anilines is 1. The SMILES string of the molecule is Cc1cc2oc(=O)cc(CN3c4cccc5cccc(c45)S3(=O)=O)c2cc1C. The molecule has 1 aliphatic heterocycles. The maximum atomic E-state index is 13.2. The minimum Gasteiger partial charge on any atom is -0.423 e. The van der Waals surface area contributed by atoms with Gasteiger partial charge in [0.1, 0.15) is 5.58 Å². The molecule has 5 rings (SSSR count). The molecule has 0 spiro atoms. The lowest BCUT2D eigenvalue weighted by molar-refractivity contribution is 0.558. The zero-order valence-corrected chi connectivity index (χ0v) is 16.2. The number of rotatable bonds is 2. The Morgan fingerprint density at radius 1 is 0.964 bits per heavy atom. The highest BCUT2D eigenvalue weighted by Gasteiger charge is 2.35. The third-order valence-electron chi connectivity index (χ3n) is 5.44. The summed E-state index contributed by atoms with van der Waals surface area (Å²) in [5, 5.41) is 2.36.